The van der Waals surface area contributed by atoms with Crippen LogP contribution in [0.5, 0.6) is 0 Å². The third-order valence-electron chi connectivity index (χ3n) is 4.61. The maximum absolute atomic E-state index is 12.8. The predicted octanol–water partition coefficient (Wildman–Crippen LogP) is 3.81. The molecule has 0 fully saturated rings. The standard InChI is InChI=1S/C23H22ClN3O3S/c1-15-17(24)9-5-10-18(15)26-21(28)14-25-22(29)19(13-16-7-3-2-4-8-16)27-23(30)20-11-6-12-31-20/h2-12,19H,13-14H2,1H3,(H,25,29)(H,26,28)(H,27,30)/t19-/m0/s1. The van der Waals surface area contributed by atoms with Gasteiger partial charge in [0.15, 0.2) is 0 Å². The van der Waals surface area contributed by atoms with Crippen LogP contribution in [0.25, 0.3) is 0 Å². The maximum Gasteiger partial charge on any atom is 0.262 e. The second-order valence-corrected chi connectivity index (χ2v) is 8.23. The Kier molecular flexibility index (Phi) is 7.81. The molecular formula is C23H22ClN3O3S. The smallest absolute Gasteiger partial charge is 0.262 e. The quantitative estimate of drug-likeness (QED) is 0.482. The number of hydrogen-bond donors (Lipinski definition) is 3. The van der Waals surface area contributed by atoms with Crippen molar-refractivity contribution >= 4 is 46.3 Å². The van der Waals surface area contributed by atoms with Gasteiger partial charge in [0.2, 0.25) is 11.8 Å². The molecule has 3 amide bonds. The van der Waals surface area contributed by atoms with Gasteiger partial charge in [-0.25, -0.2) is 0 Å². The lowest BCUT2D eigenvalue weighted by Gasteiger charge is -2.18. The normalized spacial score (nSPS) is 11.4. The Morgan fingerprint density at radius 1 is 1.00 bits per heavy atom. The third kappa shape index (κ3) is 6.41. The fourth-order valence-electron chi connectivity index (χ4n) is 2.92. The first-order valence-electron chi connectivity index (χ1n) is 9.65. The minimum Gasteiger partial charge on any atom is -0.345 e. The van der Waals surface area contributed by atoms with Gasteiger partial charge < -0.3 is 16.0 Å². The molecule has 1 aromatic heterocycles. The molecule has 0 unspecified atom stereocenters. The van der Waals surface area contributed by atoms with Gasteiger partial charge in [0, 0.05) is 17.1 Å². The van der Waals surface area contributed by atoms with Crippen LogP contribution < -0.4 is 16.0 Å². The van der Waals surface area contributed by atoms with Crippen molar-refractivity contribution in [1.82, 2.24) is 10.6 Å². The second-order valence-electron chi connectivity index (χ2n) is 6.87. The van der Waals surface area contributed by atoms with Crippen molar-refractivity contribution in [2.24, 2.45) is 0 Å². The first-order chi connectivity index (χ1) is 14.9. The predicted molar refractivity (Wildman–Crippen MR) is 124 cm³/mol. The van der Waals surface area contributed by atoms with E-state index < -0.39 is 11.9 Å². The van der Waals surface area contributed by atoms with E-state index in [-0.39, 0.29) is 18.4 Å². The molecule has 31 heavy (non-hydrogen) atoms. The summed E-state index contributed by atoms with van der Waals surface area (Å²) in [7, 11) is 0. The lowest BCUT2D eigenvalue weighted by atomic mass is 10.1. The van der Waals surface area contributed by atoms with E-state index in [1.165, 1.54) is 11.3 Å². The fraction of sp³-hybridized carbons (Fsp3) is 0.174. The molecule has 0 aliphatic rings. The van der Waals surface area contributed by atoms with Crippen molar-refractivity contribution in [3.8, 4) is 0 Å². The monoisotopic (exact) mass is 455 g/mol. The molecule has 0 bridgehead atoms. The van der Waals surface area contributed by atoms with Gasteiger partial charge in [-0.15, -0.1) is 11.3 Å². The van der Waals surface area contributed by atoms with Gasteiger partial charge in [0.25, 0.3) is 5.91 Å². The van der Waals surface area contributed by atoms with E-state index in [1.54, 1.807) is 42.6 Å². The Hall–Kier alpha value is -3.16. The molecule has 0 radical (unpaired) electrons. The number of carbonyl (C=O) groups excluding carboxylic acids is 3. The number of hydrogen-bond acceptors (Lipinski definition) is 4. The summed E-state index contributed by atoms with van der Waals surface area (Å²) in [6, 6.07) is 17.2. The highest BCUT2D eigenvalue weighted by Gasteiger charge is 2.23. The first kappa shape index (κ1) is 22.5. The molecular weight excluding hydrogens is 434 g/mol. The fourth-order valence-corrected chi connectivity index (χ4v) is 3.73. The number of carbonyl (C=O) groups is 3. The molecule has 0 saturated carbocycles. The lowest BCUT2D eigenvalue weighted by Crippen LogP contribution is -2.49. The summed E-state index contributed by atoms with van der Waals surface area (Å²) in [6.07, 6.45) is 0.304. The van der Waals surface area contributed by atoms with Crippen LogP contribution in [0.2, 0.25) is 5.02 Å². The average Bonchev–Trinajstić information content (AvgIpc) is 3.31. The minimum atomic E-state index is -0.822. The van der Waals surface area contributed by atoms with Crippen LogP contribution in [0, 0.1) is 6.92 Å². The lowest BCUT2D eigenvalue weighted by molar-refractivity contribution is -0.125. The summed E-state index contributed by atoms with van der Waals surface area (Å²) in [4.78, 5) is 38.1. The van der Waals surface area contributed by atoms with Crippen LogP contribution in [0.1, 0.15) is 20.8 Å². The Labute approximate surface area is 189 Å². The summed E-state index contributed by atoms with van der Waals surface area (Å²) in [5, 5.41) is 10.5. The molecule has 3 aromatic rings. The highest BCUT2D eigenvalue weighted by molar-refractivity contribution is 7.12. The zero-order valence-electron chi connectivity index (χ0n) is 16.9. The number of thiophene rings is 1. The maximum atomic E-state index is 12.8. The average molecular weight is 456 g/mol. The summed E-state index contributed by atoms with van der Waals surface area (Å²) in [5.74, 6) is -1.15. The van der Waals surface area contributed by atoms with Gasteiger partial charge >= 0.3 is 0 Å². The molecule has 0 aliphatic heterocycles. The molecule has 2 aromatic carbocycles. The van der Waals surface area contributed by atoms with E-state index in [2.05, 4.69) is 16.0 Å². The van der Waals surface area contributed by atoms with Crippen LogP contribution in [-0.4, -0.2) is 30.3 Å². The van der Waals surface area contributed by atoms with Crippen molar-refractivity contribution in [2.75, 3.05) is 11.9 Å². The Bertz CT molecular complexity index is 1060. The Morgan fingerprint density at radius 2 is 1.77 bits per heavy atom. The SMILES string of the molecule is Cc1c(Cl)cccc1NC(=O)CNC(=O)[C@H](Cc1ccccc1)NC(=O)c1cccs1. The molecule has 1 atom stereocenters. The van der Waals surface area contributed by atoms with E-state index in [9.17, 15) is 14.4 Å². The van der Waals surface area contributed by atoms with Crippen molar-refractivity contribution in [3.05, 3.63) is 87.1 Å². The zero-order valence-corrected chi connectivity index (χ0v) is 18.4. The Morgan fingerprint density at radius 3 is 2.48 bits per heavy atom. The molecule has 1 heterocycles. The van der Waals surface area contributed by atoms with Crippen LogP contribution >= 0.6 is 22.9 Å². The summed E-state index contributed by atoms with van der Waals surface area (Å²) in [6.45, 7) is 1.57. The number of benzene rings is 2. The largest absolute Gasteiger partial charge is 0.345 e. The van der Waals surface area contributed by atoms with Gasteiger partial charge in [-0.1, -0.05) is 54.1 Å². The number of rotatable bonds is 8. The zero-order chi connectivity index (χ0) is 22.2. The minimum absolute atomic E-state index is 0.231. The van der Waals surface area contributed by atoms with E-state index in [4.69, 9.17) is 11.6 Å². The molecule has 0 saturated heterocycles. The van der Waals surface area contributed by atoms with E-state index in [0.29, 0.717) is 22.0 Å². The highest BCUT2D eigenvalue weighted by Crippen LogP contribution is 2.22. The molecule has 0 spiro atoms. The van der Waals surface area contributed by atoms with Crippen molar-refractivity contribution in [1.29, 1.82) is 0 Å². The molecule has 0 aliphatic carbocycles. The first-order valence-corrected chi connectivity index (χ1v) is 10.9. The van der Waals surface area contributed by atoms with Crippen molar-refractivity contribution in [3.63, 3.8) is 0 Å². The molecule has 3 N–H and O–H groups in total. The van der Waals surface area contributed by atoms with Crippen molar-refractivity contribution < 1.29 is 14.4 Å². The van der Waals surface area contributed by atoms with Crippen LogP contribution in [-0.2, 0) is 16.0 Å². The number of nitrogens with one attached hydrogen (secondary N) is 3. The van der Waals surface area contributed by atoms with Crippen molar-refractivity contribution in [2.45, 2.75) is 19.4 Å². The topological polar surface area (TPSA) is 87.3 Å². The summed E-state index contributed by atoms with van der Waals surface area (Å²) in [5.41, 5.74) is 2.22. The Balaban J connectivity index is 1.63. The summed E-state index contributed by atoms with van der Waals surface area (Å²) >= 11 is 7.37. The summed E-state index contributed by atoms with van der Waals surface area (Å²) < 4.78 is 0. The molecule has 3 rings (SSSR count). The molecule has 8 heteroatoms. The van der Waals surface area contributed by atoms with E-state index in [1.807, 2.05) is 30.3 Å². The van der Waals surface area contributed by atoms with Gasteiger partial charge in [0.1, 0.15) is 6.04 Å². The molecule has 6 nitrogen and oxygen atoms in total. The van der Waals surface area contributed by atoms with Gasteiger partial charge in [-0.2, -0.15) is 0 Å². The van der Waals surface area contributed by atoms with Gasteiger partial charge in [-0.3, -0.25) is 14.4 Å². The second kappa shape index (κ2) is 10.7. The number of amides is 3. The van der Waals surface area contributed by atoms with Gasteiger partial charge in [0.05, 0.1) is 11.4 Å². The number of halogens is 1. The molecule has 160 valence electrons. The van der Waals surface area contributed by atoms with Gasteiger partial charge in [-0.05, 0) is 41.6 Å². The van der Waals surface area contributed by atoms with Crippen LogP contribution in [0.3, 0.4) is 0 Å². The van der Waals surface area contributed by atoms with E-state index >= 15 is 0 Å². The number of anilines is 1. The van der Waals surface area contributed by atoms with Crippen LogP contribution in [0.4, 0.5) is 5.69 Å². The van der Waals surface area contributed by atoms with E-state index in [0.717, 1.165) is 11.1 Å². The third-order valence-corrected chi connectivity index (χ3v) is 5.89. The highest BCUT2D eigenvalue weighted by atomic mass is 35.5. The van der Waals surface area contributed by atoms with Crippen LogP contribution in [0.15, 0.2) is 66.0 Å².